The van der Waals surface area contributed by atoms with Gasteiger partial charge in [-0.15, -0.1) is 0 Å². The summed E-state index contributed by atoms with van der Waals surface area (Å²) >= 11 is 0. The van der Waals surface area contributed by atoms with Crippen LogP contribution in [0.15, 0.2) is 24.3 Å². The normalized spacial score (nSPS) is 12.6. The van der Waals surface area contributed by atoms with E-state index in [1.165, 1.54) is 327 Å². The molecule has 6 nitrogen and oxygen atoms in total. The van der Waals surface area contributed by atoms with Crippen molar-refractivity contribution in [3.63, 3.8) is 0 Å². The molecule has 0 saturated heterocycles. The molecule has 468 valence electrons. The van der Waals surface area contributed by atoms with E-state index in [2.05, 4.69) is 43.5 Å². The van der Waals surface area contributed by atoms with Crippen LogP contribution in [0.25, 0.3) is 0 Å². The van der Waals surface area contributed by atoms with Crippen LogP contribution in [0.1, 0.15) is 406 Å². The van der Waals surface area contributed by atoms with E-state index in [0.29, 0.717) is 25.9 Å². The van der Waals surface area contributed by atoms with Crippen LogP contribution in [0, 0.1) is 0 Å². The van der Waals surface area contributed by atoms with Crippen LogP contribution < -0.4 is 5.32 Å². The molecule has 0 aromatic carbocycles. The molecule has 0 heterocycles. The Morgan fingerprint density at radius 3 is 0.937 bits per heavy atom. The zero-order valence-electron chi connectivity index (χ0n) is 53.6. The van der Waals surface area contributed by atoms with Crippen LogP contribution in [0.2, 0.25) is 0 Å². The average Bonchev–Trinajstić information content (AvgIpc) is 3.45. The van der Waals surface area contributed by atoms with Crippen molar-refractivity contribution in [1.29, 1.82) is 0 Å². The molecule has 0 rings (SSSR count). The van der Waals surface area contributed by atoms with Crippen molar-refractivity contribution in [1.82, 2.24) is 5.32 Å². The van der Waals surface area contributed by atoms with E-state index >= 15 is 0 Å². The van der Waals surface area contributed by atoms with Crippen molar-refractivity contribution in [2.75, 3.05) is 13.2 Å². The van der Waals surface area contributed by atoms with E-state index in [0.717, 1.165) is 44.9 Å². The minimum Gasteiger partial charge on any atom is -0.466 e. The fourth-order valence-corrected chi connectivity index (χ4v) is 11.4. The number of carbonyl (C=O) groups excluding carboxylic acids is 2. The number of amides is 1. The summed E-state index contributed by atoms with van der Waals surface area (Å²) in [5.74, 6) is -0.0278. The molecule has 0 radical (unpaired) electrons. The molecule has 2 unspecified atom stereocenters. The fraction of sp³-hybridized carbons (Fsp3) is 0.918. The third kappa shape index (κ3) is 65.4. The molecular weight excluding hydrogens is 971 g/mol. The van der Waals surface area contributed by atoms with Gasteiger partial charge >= 0.3 is 5.97 Å². The third-order valence-corrected chi connectivity index (χ3v) is 17.0. The number of carbonyl (C=O) groups is 2. The Labute approximate surface area is 494 Å². The SMILES string of the molecule is CCCC/C=C\CCCCCCCC(=O)OCCCCCCCCCCCCCC/C=C\CCCCCCCCCCCCC(=O)NC(CO)C(O)CCCCCCCCCCCCCCCCCCCCCCCCCCC. The zero-order valence-corrected chi connectivity index (χ0v) is 53.6. The summed E-state index contributed by atoms with van der Waals surface area (Å²) in [6, 6.07) is -0.544. The number of hydrogen-bond acceptors (Lipinski definition) is 5. The first-order valence-electron chi connectivity index (χ1n) is 36.1. The third-order valence-electron chi connectivity index (χ3n) is 17.0. The van der Waals surface area contributed by atoms with Gasteiger partial charge in [0.05, 0.1) is 25.4 Å². The summed E-state index contributed by atoms with van der Waals surface area (Å²) in [6.45, 7) is 4.95. The number of esters is 1. The molecule has 2 atom stereocenters. The summed E-state index contributed by atoms with van der Waals surface area (Å²) in [5.41, 5.74) is 0. The van der Waals surface area contributed by atoms with E-state index in [1.807, 2.05) is 0 Å². The lowest BCUT2D eigenvalue weighted by Crippen LogP contribution is -2.45. The maximum Gasteiger partial charge on any atom is 0.305 e. The van der Waals surface area contributed by atoms with Gasteiger partial charge in [-0.2, -0.15) is 0 Å². The minimum absolute atomic E-state index is 0.00399. The van der Waals surface area contributed by atoms with E-state index in [-0.39, 0.29) is 18.5 Å². The van der Waals surface area contributed by atoms with Crippen molar-refractivity contribution in [3.05, 3.63) is 24.3 Å². The summed E-state index contributed by atoms with van der Waals surface area (Å²) < 4.78 is 5.46. The Morgan fingerprint density at radius 1 is 0.342 bits per heavy atom. The van der Waals surface area contributed by atoms with Crippen LogP contribution >= 0.6 is 0 Å². The lowest BCUT2D eigenvalue weighted by Gasteiger charge is -2.22. The maximum atomic E-state index is 12.6. The lowest BCUT2D eigenvalue weighted by molar-refractivity contribution is -0.143. The Balaban J connectivity index is 3.39. The summed E-state index contributed by atoms with van der Waals surface area (Å²) in [6.07, 6.45) is 86.6. The van der Waals surface area contributed by atoms with Gasteiger partial charge in [-0.1, -0.05) is 346 Å². The molecular formula is C73H141NO5. The van der Waals surface area contributed by atoms with Crippen molar-refractivity contribution in [2.24, 2.45) is 0 Å². The van der Waals surface area contributed by atoms with Crippen LogP contribution in [0.4, 0.5) is 0 Å². The van der Waals surface area contributed by atoms with Crippen molar-refractivity contribution in [2.45, 2.75) is 418 Å². The number of allylic oxidation sites excluding steroid dienone is 4. The molecule has 0 aliphatic carbocycles. The van der Waals surface area contributed by atoms with Crippen molar-refractivity contribution < 1.29 is 24.5 Å². The average molecular weight is 1110 g/mol. The second kappa shape index (κ2) is 68.8. The quantitative estimate of drug-likeness (QED) is 0.0320. The highest BCUT2D eigenvalue weighted by atomic mass is 16.5. The van der Waals surface area contributed by atoms with Gasteiger partial charge in [0.25, 0.3) is 0 Å². The first kappa shape index (κ1) is 77.3. The van der Waals surface area contributed by atoms with Crippen LogP contribution in [-0.2, 0) is 14.3 Å². The molecule has 0 aliphatic rings. The van der Waals surface area contributed by atoms with Crippen LogP contribution in [0.3, 0.4) is 0 Å². The lowest BCUT2D eigenvalue weighted by atomic mass is 10.0. The standard InChI is InChI=1S/C73H141NO5/c1-3-5-7-9-11-13-15-16-17-18-19-20-21-24-27-30-33-36-39-42-46-49-53-57-61-65-71(76)70(69-75)74-72(77)66-62-58-54-50-47-43-40-37-34-31-28-25-22-23-26-29-32-35-38-41-44-48-52-56-60-64-68-79-73(78)67-63-59-55-51-45-14-12-10-8-6-4-2/h10,12,22,25,70-71,75-76H,3-9,11,13-21,23-24,26-69H2,1-2H3,(H,74,77)/b12-10-,25-22-. The molecule has 0 spiro atoms. The second-order valence-corrected chi connectivity index (χ2v) is 24.9. The minimum atomic E-state index is -0.667. The van der Waals surface area contributed by atoms with Crippen LogP contribution in [0.5, 0.6) is 0 Å². The van der Waals surface area contributed by atoms with Crippen molar-refractivity contribution in [3.8, 4) is 0 Å². The highest BCUT2D eigenvalue weighted by molar-refractivity contribution is 5.76. The number of nitrogens with one attached hydrogen (secondary N) is 1. The topological polar surface area (TPSA) is 95.9 Å². The van der Waals surface area contributed by atoms with E-state index < -0.39 is 12.1 Å². The predicted octanol–water partition coefficient (Wildman–Crippen LogP) is 23.3. The molecule has 3 N–H and O–H groups in total. The zero-order chi connectivity index (χ0) is 57.1. The smallest absolute Gasteiger partial charge is 0.305 e. The predicted molar refractivity (Wildman–Crippen MR) is 347 cm³/mol. The number of aliphatic hydroxyl groups is 2. The summed E-state index contributed by atoms with van der Waals surface area (Å²) in [4.78, 5) is 24.6. The van der Waals surface area contributed by atoms with Crippen LogP contribution in [-0.4, -0.2) is 47.4 Å². The molecule has 79 heavy (non-hydrogen) atoms. The highest BCUT2D eigenvalue weighted by Gasteiger charge is 2.20. The number of rotatable bonds is 68. The molecule has 0 saturated carbocycles. The molecule has 0 bridgehead atoms. The summed E-state index contributed by atoms with van der Waals surface area (Å²) in [5, 5.41) is 23.5. The van der Waals surface area contributed by atoms with Gasteiger partial charge in [0, 0.05) is 12.8 Å². The van der Waals surface area contributed by atoms with E-state index in [4.69, 9.17) is 4.74 Å². The molecule has 0 aromatic rings. The van der Waals surface area contributed by atoms with Crippen molar-refractivity contribution >= 4 is 11.9 Å². The second-order valence-electron chi connectivity index (χ2n) is 24.9. The largest absolute Gasteiger partial charge is 0.466 e. The van der Waals surface area contributed by atoms with Gasteiger partial charge in [0.15, 0.2) is 0 Å². The Bertz CT molecular complexity index is 1230. The molecule has 6 heteroatoms. The van der Waals surface area contributed by atoms with Gasteiger partial charge in [0.2, 0.25) is 5.91 Å². The van der Waals surface area contributed by atoms with E-state index in [1.54, 1.807) is 0 Å². The first-order chi connectivity index (χ1) is 39.0. The number of hydrogen-bond donors (Lipinski definition) is 3. The first-order valence-corrected chi connectivity index (χ1v) is 36.1. The van der Waals surface area contributed by atoms with Gasteiger partial charge in [-0.05, 0) is 70.6 Å². The molecule has 0 aromatic heterocycles. The highest BCUT2D eigenvalue weighted by Crippen LogP contribution is 2.19. The number of ether oxygens (including phenoxy) is 1. The molecule has 0 aliphatic heterocycles. The van der Waals surface area contributed by atoms with Gasteiger partial charge in [-0.3, -0.25) is 9.59 Å². The monoisotopic (exact) mass is 1110 g/mol. The summed E-state index contributed by atoms with van der Waals surface area (Å²) in [7, 11) is 0. The number of unbranched alkanes of at least 4 members (excludes halogenated alkanes) is 53. The fourth-order valence-electron chi connectivity index (χ4n) is 11.4. The van der Waals surface area contributed by atoms with E-state index in [9.17, 15) is 19.8 Å². The van der Waals surface area contributed by atoms with Gasteiger partial charge in [-0.25, -0.2) is 0 Å². The molecule has 1 amide bonds. The Kier molecular flexibility index (Phi) is 67.4. The van der Waals surface area contributed by atoms with Gasteiger partial charge < -0.3 is 20.3 Å². The number of aliphatic hydroxyl groups excluding tert-OH is 2. The Morgan fingerprint density at radius 2 is 0.608 bits per heavy atom. The maximum absolute atomic E-state index is 12.6. The Hall–Kier alpha value is -1.66. The van der Waals surface area contributed by atoms with Gasteiger partial charge in [0.1, 0.15) is 0 Å². The molecule has 0 fully saturated rings.